The number of carbonyl (C=O) groups is 1. The van der Waals surface area contributed by atoms with E-state index in [0.717, 1.165) is 6.42 Å². The molecule has 1 heterocycles. The van der Waals surface area contributed by atoms with Crippen molar-refractivity contribution in [3.63, 3.8) is 0 Å². The van der Waals surface area contributed by atoms with Crippen LogP contribution in [-0.2, 0) is 17.8 Å². The Morgan fingerprint density at radius 1 is 1.00 bits per heavy atom. The van der Waals surface area contributed by atoms with E-state index in [1.807, 2.05) is 43.8 Å². The third-order valence-corrected chi connectivity index (χ3v) is 3.05. The van der Waals surface area contributed by atoms with Gasteiger partial charge < -0.3 is 5.32 Å². The average Bonchev–Trinajstić information content (AvgIpc) is 2.40. The van der Waals surface area contributed by atoms with E-state index in [0.29, 0.717) is 6.54 Å². The van der Waals surface area contributed by atoms with Gasteiger partial charge >= 0.3 is 0 Å². The van der Waals surface area contributed by atoms with Gasteiger partial charge in [-0.3, -0.25) is 4.79 Å². The topological polar surface area (TPSA) is 33.0 Å². The molecule has 0 radical (unpaired) electrons. The molecule has 0 aliphatic rings. The van der Waals surface area contributed by atoms with Crippen molar-refractivity contribution in [1.82, 2.24) is 5.32 Å². The summed E-state index contributed by atoms with van der Waals surface area (Å²) in [7, 11) is 0. The lowest BCUT2D eigenvalue weighted by Crippen LogP contribution is -2.48. The molecule has 0 saturated carbocycles. The molecule has 2 aromatic rings. The molecule has 3 heteroatoms. The predicted octanol–water partition coefficient (Wildman–Crippen LogP) is 2.48. The minimum atomic E-state index is -0.190. The number of rotatable bonds is 4. The number of aromatic nitrogens is 1. The zero-order valence-corrected chi connectivity index (χ0v) is 13.0. The van der Waals surface area contributed by atoms with Crippen molar-refractivity contribution in [2.24, 2.45) is 0 Å². The zero-order chi connectivity index (χ0) is 15.3. The van der Waals surface area contributed by atoms with Gasteiger partial charge in [-0.15, -0.1) is 0 Å². The zero-order valence-electron chi connectivity index (χ0n) is 13.0. The van der Waals surface area contributed by atoms with E-state index in [9.17, 15) is 4.79 Å². The van der Waals surface area contributed by atoms with Gasteiger partial charge in [-0.25, -0.2) is 0 Å². The summed E-state index contributed by atoms with van der Waals surface area (Å²) >= 11 is 0. The summed E-state index contributed by atoms with van der Waals surface area (Å²) in [4.78, 5) is 11.9. The van der Waals surface area contributed by atoms with Crippen molar-refractivity contribution in [2.75, 3.05) is 0 Å². The highest BCUT2D eigenvalue weighted by Gasteiger charge is 2.16. The van der Waals surface area contributed by atoms with Crippen molar-refractivity contribution >= 4 is 5.91 Å². The Labute approximate surface area is 126 Å². The first-order valence-electron chi connectivity index (χ1n) is 7.25. The molecule has 0 fully saturated rings. The number of benzene rings is 1. The lowest BCUT2D eigenvalue weighted by atomic mass is 10.1. The van der Waals surface area contributed by atoms with E-state index in [2.05, 4.69) is 41.7 Å². The molecule has 110 valence electrons. The Morgan fingerprint density at radius 2 is 1.57 bits per heavy atom. The van der Waals surface area contributed by atoms with E-state index in [4.69, 9.17) is 0 Å². The number of hydrogen-bond donors (Lipinski definition) is 1. The molecule has 0 atom stereocenters. The fraction of sp³-hybridized carbons (Fsp3) is 0.333. The van der Waals surface area contributed by atoms with Crippen LogP contribution in [0, 0.1) is 0 Å². The van der Waals surface area contributed by atoms with Crippen LogP contribution in [0.5, 0.6) is 0 Å². The second kappa shape index (κ2) is 6.53. The SMILES string of the molecule is CC(C)(C)NC(=O)C[n+]1ccc(Cc2ccccc2)cc1. The van der Waals surface area contributed by atoms with Gasteiger partial charge in [0.2, 0.25) is 6.54 Å². The van der Waals surface area contributed by atoms with E-state index in [-0.39, 0.29) is 11.4 Å². The van der Waals surface area contributed by atoms with Crippen LogP contribution in [0.1, 0.15) is 31.9 Å². The second-order valence-corrected chi connectivity index (χ2v) is 6.34. The van der Waals surface area contributed by atoms with Crippen molar-refractivity contribution in [3.05, 3.63) is 66.0 Å². The minimum Gasteiger partial charge on any atom is -0.346 e. The number of pyridine rings is 1. The molecule has 0 saturated heterocycles. The van der Waals surface area contributed by atoms with Gasteiger partial charge in [0.1, 0.15) is 0 Å². The normalized spacial score (nSPS) is 11.2. The Morgan fingerprint density at radius 3 is 2.14 bits per heavy atom. The molecular weight excluding hydrogens is 260 g/mol. The monoisotopic (exact) mass is 283 g/mol. The Kier molecular flexibility index (Phi) is 4.73. The molecule has 1 aromatic heterocycles. The molecule has 0 unspecified atom stereocenters. The summed E-state index contributed by atoms with van der Waals surface area (Å²) < 4.78 is 1.90. The Hall–Kier alpha value is -2.16. The maximum atomic E-state index is 11.9. The van der Waals surface area contributed by atoms with Crippen LogP contribution in [-0.4, -0.2) is 11.4 Å². The molecule has 0 bridgehead atoms. The van der Waals surface area contributed by atoms with Crippen LogP contribution < -0.4 is 9.88 Å². The van der Waals surface area contributed by atoms with Crippen molar-refractivity contribution in [3.8, 4) is 0 Å². The van der Waals surface area contributed by atoms with Crippen LogP contribution in [0.4, 0.5) is 0 Å². The number of hydrogen-bond acceptors (Lipinski definition) is 1. The lowest BCUT2D eigenvalue weighted by molar-refractivity contribution is -0.684. The van der Waals surface area contributed by atoms with Crippen molar-refractivity contribution in [1.29, 1.82) is 0 Å². The van der Waals surface area contributed by atoms with E-state index in [1.165, 1.54) is 11.1 Å². The Balaban J connectivity index is 1.95. The van der Waals surface area contributed by atoms with Crippen molar-refractivity contribution < 1.29 is 9.36 Å². The van der Waals surface area contributed by atoms with Crippen LogP contribution in [0.15, 0.2) is 54.9 Å². The highest BCUT2D eigenvalue weighted by molar-refractivity contribution is 5.75. The van der Waals surface area contributed by atoms with Gasteiger partial charge in [0.25, 0.3) is 5.91 Å². The third-order valence-electron chi connectivity index (χ3n) is 3.05. The maximum Gasteiger partial charge on any atom is 0.286 e. The van der Waals surface area contributed by atoms with Crippen LogP contribution in [0.3, 0.4) is 0 Å². The quantitative estimate of drug-likeness (QED) is 0.859. The van der Waals surface area contributed by atoms with Gasteiger partial charge in [0, 0.05) is 17.7 Å². The van der Waals surface area contributed by atoms with Crippen LogP contribution in [0.2, 0.25) is 0 Å². The molecule has 0 spiro atoms. The molecule has 1 amide bonds. The smallest absolute Gasteiger partial charge is 0.286 e. The molecule has 21 heavy (non-hydrogen) atoms. The first-order valence-corrected chi connectivity index (χ1v) is 7.25. The molecule has 2 rings (SSSR count). The fourth-order valence-electron chi connectivity index (χ4n) is 2.17. The van der Waals surface area contributed by atoms with Crippen molar-refractivity contribution in [2.45, 2.75) is 39.3 Å². The van der Waals surface area contributed by atoms with E-state index >= 15 is 0 Å². The van der Waals surface area contributed by atoms with Gasteiger partial charge in [-0.1, -0.05) is 30.3 Å². The summed E-state index contributed by atoms with van der Waals surface area (Å²) in [5.74, 6) is 0.0308. The first kappa shape index (κ1) is 15.2. The summed E-state index contributed by atoms with van der Waals surface area (Å²) in [6.45, 7) is 6.30. The van der Waals surface area contributed by atoms with Gasteiger partial charge in [-0.05, 0) is 38.3 Å². The number of nitrogens with one attached hydrogen (secondary N) is 1. The minimum absolute atomic E-state index is 0.0308. The average molecular weight is 283 g/mol. The number of amides is 1. The van der Waals surface area contributed by atoms with E-state index < -0.39 is 0 Å². The van der Waals surface area contributed by atoms with Gasteiger partial charge in [-0.2, -0.15) is 4.57 Å². The summed E-state index contributed by atoms with van der Waals surface area (Å²) in [6.07, 6.45) is 4.83. The first-order chi connectivity index (χ1) is 9.92. The lowest BCUT2D eigenvalue weighted by Gasteiger charge is -2.19. The Bertz CT molecular complexity index is 583. The summed E-state index contributed by atoms with van der Waals surface area (Å²) in [5, 5.41) is 2.96. The van der Waals surface area contributed by atoms with Crippen LogP contribution in [0.25, 0.3) is 0 Å². The third kappa shape index (κ3) is 5.38. The molecule has 1 N–H and O–H groups in total. The fourth-order valence-corrected chi connectivity index (χ4v) is 2.17. The maximum absolute atomic E-state index is 11.9. The predicted molar refractivity (Wildman–Crippen MR) is 83.8 cm³/mol. The van der Waals surface area contributed by atoms with Gasteiger partial charge in [0.15, 0.2) is 12.4 Å². The number of nitrogens with zero attached hydrogens (tertiary/aromatic N) is 1. The summed E-state index contributed by atoms with van der Waals surface area (Å²) in [6, 6.07) is 14.5. The highest BCUT2D eigenvalue weighted by atomic mass is 16.2. The standard InChI is InChI=1S/C18H22N2O/c1-18(2,3)19-17(21)14-20-11-9-16(10-12-20)13-15-7-5-4-6-8-15/h4-12H,13-14H2,1-3H3/p+1. The van der Waals surface area contributed by atoms with Crippen LogP contribution >= 0.6 is 0 Å². The van der Waals surface area contributed by atoms with Gasteiger partial charge in [0.05, 0.1) is 0 Å². The molecule has 1 aromatic carbocycles. The summed E-state index contributed by atoms with van der Waals surface area (Å²) in [5.41, 5.74) is 2.35. The largest absolute Gasteiger partial charge is 0.346 e. The molecule has 3 nitrogen and oxygen atoms in total. The molecule has 0 aliphatic heterocycles. The van der Waals surface area contributed by atoms with E-state index in [1.54, 1.807) is 0 Å². The molecule has 0 aliphatic carbocycles. The highest BCUT2D eigenvalue weighted by Crippen LogP contribution is 2.07. The molecular formula is C18H23N2O+. The second-order valence-electron chi connectivity index (χ2n) is 6.34. The number of carbonyl (C=O) groups excluding carboxylic acids is 1.